The van der Waals surface area contributed by atoms with Gasteiger partial charge in [-0.25, -0.2) is 0 Å². The maximum absolute atomic E-state index is 6.40. The normalized spacial score (nSPS) is 22.5. The Morgan fingerprint density at radius 1 is 0.964 bits per heavy atom. The van der Waals surface area contributed by atoms with Gasteiger partial charge in [0.25, 0.3) is 0 Å². The highest BCUT2D eigenvalue weighted by Gasteiger charge is 2.46. The zero-order chi connectivity index (χ0) is 18.7. The van der Waals surface area contributed by atoms with Crippen LogP contribution in [0, 0.1) is 5.92 Å². The van der Waals surface area contributed by atoms with Crippen LogP contribution in [0.5, 0.6) is 0 Å². The molecule has 0 amide bonds. The Balaban J connectivity index is 1.57. The van der Waals surface area contributed by atoms with Gasteiger partial charge in [0, 0.05) is 11.5 Å². The maximum Gasteiger partial charge on any atom is 0.123 e. The summed E-state index contributed by atoms with van der Waals surface area (Å²) in [4.78, 5) is 0. The second-order valence-electron chi connectivity index (χ2n) is 7.74. The van der Waals surface area contributed by atoms with Crippen LogP contribution in [0.25, 0.3) is 11.1 Å². The maximum atomic E-state index is 6.40. The zero-order valence-corrected chi connectivity index (χ0v) is 15.7. The molecule has 0 radical (unpaired) electrons. The van der Waals surface area contributed by atoms with Crippen molar-refractivity contribution in [2.75, 3.05) is 13.7 Å². The molecule has 1 heterocycles. The minimum absolute atomic E-state index is 0.205. The minimum Gasteiger partial charge on any atom is -0.497 e. The smallest absolute Gasteiger partial charge is 0.123 e. The Hall–Kier alpha value is -3.26. The third-order valence-electron chi connectivity index (χ3n) is 6.37. The molecule has 0 N–H and O–H groups in total. The first-order chi connectivity index (χ1) is 13.8. The molecule has 3 aliphatic carbocycles. The summed E-state index contributed by atoms with van der Waals surface area (Å²) in [6.45, 7) is 0.634. The van der Waals surface area contributed by atoms with Crippen molar-refractivity contribution in [3.63, 3.8) is 0 Å². The van der Waals surface area contributed by atoms with Crippen molar-refractivity contribution >= 4 is 0 Å². The fourth-order valence-corrected chi connectivity index (χ4v) is 5.05. The van der Waals surface area contributed by atoms with E-state index in [0.717, 1.165) is 11.5 Å². The Bertz CT molecular complexity index is 1110. The molecule has 2 aromatic carbocycles. The van der Waals surface area contributed by atoms with Gasteiger partial charge in [-0.15, -0.1) is 0 Å². The van der Waals surface area contributed by atoms with Gasteiger partial charge in [0.2, 0.25) is 0 Å². The molecule has 1 aliphatic heterocycles. The number of rotatable bonds is 1. The first-order valence-electron chi connectivity index (χ1n) is 9.71. The summed E-state index contributed by atoms with van der Waals surface area (Å²) < 4.78 is 11.8. The quantitative estimate of drug-likeness (QED) is 0.670. The molecule has 0 fully saturated rings. The van der Waals surface area contributed by atoms with E-state index in [4.69, 9.17) is 9.47 Å². The van der Waals surface area contributed by atoms with Crippen molar-refractivity contribution in [3.05, 3.63) is 119 Å². The first-order valence-corrected chi connectivity index (χ1v) is 9.71. The average Bonchev–Trinajstić information content (AvgIpc) is 3.03. The first kappa shape index (κ1) is 15.8. The van der Waals surface area contributed by atoms with Crippen LogP contribution in [0.3, 0.4) is 0 Å². The molecule has 0 bridgehead atoms. The molecular weight excluding hydrogens is 344 g/mol. The molecule has 28 heavy (non-hydrogen) atoms. The van der Waals surface area contributed by atoms with Gasteiger partial charge in [-0.05, 0) is 46.1 Å². The third-order valence-corrected chi connectivity index (χ3v) is 6.37. The number of methoxy groups -OCH3 is 1. The van der Waals surface area contributed by atoms with Gasteiger partial charge in [0.15, 0.2) is 0 Å². The monoisotopic (exact) mass is 364 g/mol. The number of fused-ring (bicyclic) bond motifs is 8. The molecule has 0 saturated carbocycles. The molecule has 4 aliphatic rings. The van der Waals surface area contributed by atoms with Gasteiger partial charge in [0.1, 0.15) is 18.1 Å². The lowest BCUT2D eigenvalue weighted by Crippen LogP contribution is -2.35. The lowest BCUT2D eigenvalue weighted by Gasteiger charge is -2.38. The van der Waals surface area contributed by atoms with Crippen LogP contribution in [-0.4, -0.2) is 13.7 Å². The van der Waals surface area contributed by atoms with Crippen molar-refractivity contribution in [2.24, 2.45) is 5.92 Å². The van der Waals surface area contributed by atoms with Gasteiger partial charge >= 0.3 is 0 Å². The van der Waals surface area contributed by atoms with E-state index in [-0.39, 0.29) is 11.3 Å². The average molecular weight is 364 g/mol. The predicted octanol–water partition coefficient (Wildman–Crippen LogP) is 5.45. The molecule has 1 atom stereocenters. The summed E-state index contributed by atoms with van der Waals surface area (Å²) in [7, 11) is 1.71. The van der Waals surface area contributed by atoms with Crippen LogP contribution in [0.2, 0.25) is 0 Å². The largest absolute Gasteiger partial charge is 0.497 e. The van der Waals surface area contributed by atoms with E-state index in [1.54, 1.807) is 7.11 Å². The lowest BCUT2D eigenvalue weighted by atomic mass is 9.72. The predicted molar refractivity (Wildman–Crippen MR) is 111 cm³/mol. The van der Waals surface area contributed by atoms with Gasteiger partial charge in [-0.2, -0.15) is 0 Å². The van der Waals surface area contributed by atoms with E-state index in [2.05, 4.69) is 85.0 Å². The van der Waals surface area contributed by atoms with Gasteiger partial charge in [-0.1, -0.05) is 66.8 Å². The Morgan fingerprint density at radius 3 is 2.39 bits per heavy atom. The number of hydrogen-bond donors (Lipinski definition) is 0. The SMILES string of the molecule is COC1=CC2=CC=C3OCC4(C=C3C2C=C1)c1ccccc1-c1ccccc14. The summed E-state index contributed by atoms with van der Waals surface area (Å²) in [6.07, 6.45) is 13.1. The van der Waals surface area contributed by atoms with Crippen LogP contribution in [-0.2, 0) is 14.9 Å². The topological polar surface area (TPSA) is 18.5 Å². The molecule has 6 rings (SSSR count). The zero-order valence-electron chi connectivity index (χ0n) is 15.7. The summed E-state index contributed by atoms with van der Waals surface area (Å²) >= 11 is 0. The van der Waals surface area contributed by atoms with E-state index in [1.807, 2.05) is 0 Å². The highest BCUT2D eigenvalue weighted by Crippen LogP contribution is 2.54. The molecule has 1 spiro atoms. The van der Waals surface area contributed by atoms with Crippen molar-refractivity contribution in [2.45, 2.75) is 5.41 Å². The second kappa shape index (κ2) is 5.62. The van der Waals surface area contributed by atoms with E-state index in [1.165, 1.54) is 33.4 Å². The third kappa shape index (κ3) is 1.98. The van der Waals surface area contributed by atoms with Crippen molar-refractivity contribution < 1.29 is 9.47 Å². The molecular formula is C26H20O2. The van der Waals surface area contributed by atoms with Crippen molar-refractivity contribution in [1.82, 2.24) is 0 Å². The molecule has 2 aromatic rings. The molecule has 1 unspecified atom stereocenters. The number of hydrogen-bond acceptors (Lipinski definition) is 2. The van der Waals surface area contributed by atoms with Gasteiger partial charge < -0.3 is 9.47 Å². The Morgan fingerprint density at radius 2 is 1.68 bits per heavy atom. The Kier molecular flexibility index (Phi) is 3.16. The lowest BCUT2D eigenvalue weighted by molar-refractivity contribution is 0.170. The fourth-order valence-electron chi connectivity index (χ4n) is 5.05. The highest BCUT2D eigenvalue weighted by atomic mass is 16.5. The van der Waals surface area contributed by atoms with Crippen molar-refractivity contribution in [3.8, 4) is 11.1 Å². The Labute approximate surface area is 164 Å². The van der Waals surface area contributed by atoms with Crippen LogP contribution in [0.4, 0.5) is 0 Å². The minimum atomic E-state index is -0.235. The van der Waals surface area contributed by atoms with Crippen LogP contribution in [0.1, 0.15) is 11.1 Å². The van der Waals surface area contributed by atoms with E-state index in [0.29, 0.717) is 6.61 Å². The van der Waals surface area contributed by atoms with Crippen molar-refractivity contribution in [1.29, 1.82) is 0 Å². The summed E-state index contributed by atoms with van der Waals surface area (Å²) in [5.74, 6) is 2.08. The number of benzene rings is 2. The summed E-state index contributed by atoms with van der Waals surface area (Å²) in [5.41, 5.74) is 7.57. The molecule has 136 valence electrons. The van der Waals surface area contributed by atoms with E-state index in [9.17, 15) is 0 Å². The van der Waals surface area contributed by atoms with Crippen LogP contribution < -0.4 is 0 Å². The van der Waals surface area contributed by atoms with Gasteiger partial charge in [0.05, 0.1) is 12.5 Å². The highest BCUT2D eigenvalue weighted by molar-refractivity contribution is 5.83. The molecule has 0 aromatic heterocycles. The standard InChI is InChI=1S/C26H20O2/c1-27-18-11-12-19-17(14-18)10-13-25-22(19)15-26(16-28-25)23-8-4-2-6-20(23)21-7-3-5-9-24(21)26/h2-15,19H,16H2,1H3. The molecule has 2 nitrogen and oxygen atoms in total. The molecule has 2 heteroatoms. The number of ether oxygens (including phenoxy) is 2. The summed E-state index contributed by atoms with van der Waals surface area (Å²) in [5, 5.41) is 0. The molecule has 0 saturated heterocycles. The van der Waals surface area contributed by atoms with E-state index >= 15 is 0 Å². The second-order valence-corrected chi connectivity index (χ2v) is 7.74. The van der Waals surface area contributed by atoms with Crippen LogP contribution in [0.15, 0.2) is 108 Å². The number of allylic oxidation sites excluding steroid dienone is 7. The summed E-state index contributed by atoms with van der Waals surface area (Å²) in [6, 6.07) is 17.5. The fraction of sp³-hybridized carbons (Fsp3) is 0.154. The van der Waals surface area contributed by atoms with E-state index < -0.39 is 0 Å². The van der Waals surface area contributed by atoms with Crippen LogP contribution >= 0.6 is 0 Å². The van der Waals surface area contributed by atoms with Gasteiger partial charge in [-0.3, -0.25) is 0 Å².